The number of benzene rings is 2. The first-order chi connectivity index (χ1) is 13.5. The SMILES string of the molecule is CCCCOC(=O)c1c(NC(=O)c2ccc(C(C)C)cc2)sc2ccccc12. The van der Waals surface area contributed by atoms with Crippen molar-refractivity contribution in [2.75, 3.05) is 11.9 Å². The van der Waals surface area contributed by atoms with Gasteiger partial charge in [-0.15, -0.1) is 11.3 Å². The summed E-state index contributed by atoms with van der Waals surface area (Å²) >= 11 is 1.39. The number of carbonyl (C=O) groups is 2. The molecule has 1 N–H and O–H groups in total. The molecule has 2 aromatic carbocycles. The number of thiophene rings is 1. The quantitative estimate of drug-likeness (QED) is 0.381. The first-order valence-corrected chi connectivity index (χ1v) is 10.4. The molecule has 0 aliphatic rings. The van der Waals surface area contributed by atoms with Crippen LogP contribution in [0.4, 0.5) is 5.00 Å². The van der Waals surface area contributed by atoms with Crippen LogP contribution >= 0.6 is 11.3 Å². The molecule has 0 radical (unpaired) electrons. The summed E-state index contributed by atoms with van der Waals surface area (Å²) in [5.74, 6) is -0.218. The van der Waals surface area contributed by atoms with Crippen molar-refractivity contribution in [3.8, 4) is 0 Å². The van der Waals surface area contributed by atoms with Crippen LogP contribution in [-0.2, 0) is 4.74 Å². The third-order valence-corrected chi connectivity index (χ3v) is 5.68. The molecule has 0 saturated heterocycles. The summed E-state index contributed by atoms with van der Waals surface area (Å²) in [5, 5.41) is 4.25. The number of rotatable bonds is 7. The number of hydrogen-bond acceptors (Lipinski definition) is 4. The third kappa shape index (κ3) is 4.42. The highest BCUT2D eigenvalue weighted by Crippen LogP contribution is 2.36. The Morgan fingerprint density at radius 2 is 1.79 bits per heavy atom. The first-order valence-electron chi connectivity index (χ1n) is 9.61. The Morgan fingerprint density at radius 3 is 2.46 bits per heavy atom. The topological polar surface area (TPSA) is 55.4 Å². The number of hydrogen-bond donors (Lipinski definition) is 1. The summed E-state index contributed by atoms with van der Waals surface area (Å²) < 4.78 is 6.36. The lowest BCUT2D eigenvalue weighted by Gasteiger charge is -2.09. The van der Waals surface area contributed by atoms with E-state index in [9.17, 15) is 9.59 Å². The molecule has 1 amide bonds. The van der Waals surface area contributed by atoms with Gasteiger partial charge in [0.2, 0.25) is 0 Å². The van der Waals surface area contributed by atoms with Crippen LogP contribution in [-0.4, -0.2) is 18.5 Å². The predicted molar refractivity (Wildman–Crippen MR) is 115 cm³/mol. The molecule has 0 saturated carbocycles. The summed E-state index contributed by atoms with van der Waals surface area (Å²) in [6.07, 6.45) is 1.77. The van der Waals surface area contributed by atoms with Gasteiger partial charge in [-0.25, -0.2) is 4.79 Å². The van der Waals surface area contributed by atoms with Crippen molar-refractivity contribution in [2.45, 2.75) is 39.5 Å². The lowest BCUT2D eigenvalue weighted by Crippen LogP contribution is -2.14. The molecule has 0 fully saturated rings. The molecule has 28 heavy (non-hydrogen) atoms. The highest BCUT2D eigenvalue weighted by molar-refractivity contribution is 7.23. The average molecular weight is 396 g/mol. The van der Waals surface area contributed by atoms with Gasteiger partial charge in [0.25, 0.3) is 5.91 Å². The van der Waals surface area contributed by atoms with Crippen LogP contribution in [0.2, 0.25) is 0 Å². The summed E-state index contributed by atoms with van der Waals surface area (Å²) in [6, 6.07) is 15.2. The average Bonchev–Trinajstić information content (AvgIpc) is 3.06. The Kier molecular flexibility index (Phi) is 6.47. The van der Waals surface area contributed by atoms with Gasteiger partial charge >= 0.3 is 5.97 Å². The highest BCUT2D eigenvalue weighted by Gasteiger charge is 2.22. The molecule has 5 heteroatoms. The largest absolute Gasteiger partial charge is 0.462 e. The van der Waals surface area contributed by atoms with Crippen LogP contribution in [0, 0.1) is 0 Å². The van der Waals surface area contributed by atoms with Crippen LogP contribution in [0.25, 0.3) is 10.1 Å². The van der Waals surface area contributed by atoms with E-state index in [0.717, 1.165) is 22.9 Å². The number of nitrogens with one attached hydrogen (secondary N) is 1. The van der Waals surface area contributed by atoms with Crippen molar-refractivity contribution < 1.29 is 14.3 Å². The first kappa shape index (κ1) is 20.1. The van der Waals surface area contributed by atoms with Crippen LogP contribution < -0.4 is 5.32 Å². The van der Waals surface area contributed by atoms with Crippen molar-refractivity contribution in [1.82, 2.24) is 0 Å². The Balaban J connectivity index is 1.88. The number of esters is 1. The van der Waals surface area contributed by atoms with E-state index in [-0.39, 0.29) is 5.91 Å². The van der Waals surface area contributed by atoms with Gasteiger partial charge in [-0.05, 0) is 36.1 Å². The Labute approximate surface area is 169 Å². The Hall–Kier alpha value is -2.66. The van der Waals surface area contributed by atoms with E-state index in [1.54, 1.807) is 0 Å². The van der Waals surface area contributed by atoms with E-state index in [0.29, 0.717) is 28.7 Å². The number of amides is 1. The van der Waals surface area contributed by atoms with Gasteiger partial charge in [-0.1, -0.05) is 57.5 Å². The number of fused-ring (bicyclic) bond motifs is 1. The molecule has 1 heterocycles. The van der Waals surface area contributed by atoms with Crippen LogP contribution in [0.1, 0.15) is 65.8 Å². The van der Waals surface area contributed by atoms with Gasteiger partial charge in [0.1, 0.15) is 10.6 Å². The van der Waals surface area contributed by atoms with Gasteiger partial charge in [0.05, 0.1) is 6.61 Å². The number of anilines is 1. The van der Waals surface area contributed by atoms with Gasteiger partial charge in [-0.2, -0.15) is 0 Å². The van der Waals surface area contributed by atoms with Crippen molar-refractivity contribution >= 4 is 38.3 Å². The van der Waals surface area contributed by atoms with Gasteiger partial charge < -0.3 is 10.1 Å². The van der Waals surface area contributed by atoms with E-state index in [2.05, 4.69) is 19.2 Å². The second-order valence-electron chi connectivity index (χ2n) is 7.02. The van der Waals surface area contributed by atoms with E-state index >= 15 is 0 Å². The minimum atomic E-state index is -0.392. The van der Waals surface area contributed by atoms with Gasteiger partial charge in [0.15, 0.2) is 0 Å². The number of carbonyl (C=O) groups excluding carboxylic acids is 2. The zero-order valence-corrected chi connectivity index (χ0v) is 17.3. The van der Waals surface area contributed by atoms with E-state index in [4.69, 9.17) is 4.74 Å². The maximum Gasteiger partial charge on any atom is 0.341 e. The molecule has 1 aromatic heterocycles. The fourth-order valence-electron chi connectivity index (χ4n) is 2.91. The van der Waals surface area contributed by atoms with Crippen molar-refractivity contribution in [3.05, 3.63) is 65.2 Å². The fraction of sp³-hybridized carbons (Fsp3) is 0.304. The molecule has 3 aromatic rings. The molecule has 0 unspecified atom stereocenters. The maximum absolute atomic E-state index is 12.8. The summed E-state index contributed by atoms with van der Waals surface area (Å²) in [6.45, 7) is 6.65. The smallest absolute Gasteiger partial charge is 0.341 e. The van der Waals surface area contributed by atoms with Crippen molar-refractivity contribution in [1.29, 1.82) is 0 Å². The Bertz CT molecular complexity index is 973. The minimum Gasteiger partial charge on any atom is -0.462 e. The second kappa shape index (κ2) is 9.02. The third-order valence-electron chi connectivity index (χ3n) is 4.60. The van der Waals surface area contributed by atoms with Crippen LogP contribution in [0.5, 0.6) is 0 Å². The predicted octanol–water partition coefficient (Wildman–Crippen LogP) is 6.23. The van der Waals surface area contributed by atoms with Crippen LogP contribution in [0.15, 0.2) is 48.5 Å². The van der Waals surface area contributed by atoms with E-state index in [1.807, 2.05) is 55.5 Å². The molecule has 0 aliphatic heterocycles. The molecule has 0 atom stereocenters. The number of unbranched alkanes of at least 4 members (excludes halogenated alkanes) is 1. The summed E-state index contributed by atoms with van der Waals surface area (Å²) in [7, 11) is 0. The fourth-order valence-corrected chi connectivity index (χ4v) is 4.00. The van der Waals surface area contributed by atoms with E-state index in [1.165, 1.54) is 16.9 Å². The number of ether oxygens (including phenoxy) is 1. The molecule has 3 rings (SSSR count). The maximum atomic E-state index is 12.8. The minimum absolute atomic E-state index is 0.232. The zero-order chi connectivity index (χ0) is 20.1. The van der Waals surface area contributed by atoms with Crippen LogP contribution in [0.3, 0.4) is 0 Å². The van der Waals surface area contributed by atoms with Gasteiger partial charge in [-0.3, -0.25) is 4.79 Å². The standard InChI is InChI=1S/C23H25NO3S/c1-4-5-14-27-23(26)20-18-8-6-7-9-19(18)28-22(20)24-21(25)17-12-10-16(11-13-17)15(2)3/h6-13,15H,4-5,14H2,1-3H3,(H,24,25). The van der Waals surface area contributed by atoms with E-state index < -0.39 is 5.97 Å². The summed E-state index contributed by atoms with van der Waals surface area (Å²) in [4.78, 5) is 25.4. The van der Waals surface area contributed by atoms with Gasteiger partial charge in [0, 0.05) is 15.6 Å². The molecule has 0 aliphatic carbocycles. The molecular weight excluding hydrogens is 370 g/mol. The normalized spacial score (nSPS) is 11.0. The summed E-state index contributed by atoms with van der Waals surface area (Å²) in [5.41, 5.74) is 2.18. The molecular formula is C23H25NO3S. The monoisotopic (exact) mass is 395 g/mol. The van der Waals surface area contributed by atoms with Crippen molar-refractivity contribution in [3.63, 3.8) is 0 Å². The molecule has 4 nitrogen and oxygen atoms in total. The second-order valence-corrected chi connectivity index (χ2v) is 8.07. The lowest BCUT2D eigenvalue weighted by molar-refractivity contribution is 0.0503. The molecule has 0 spiro atoms. The lowest BCUT2D eigenvalue weighted by atomic mass is 10.0. The zero-order valence-electron chi connectivity index (χ0n) is 16.5. The van der Waals surface area contributed by atoms with Crippen molar-refractivity contribution in [2.24, 2.45) is 0 Å². The highest BCUT2D eigenvalue weighted by atomic mass is 32.1. The molecule has 146 valence electrons. The Morgan fingerprint density at radius 1 is 1.07 bits per heavy atom. The molecule has 0 bridgehead atoms.